The molecular weight excluding hydrogens is 442 g/mol. The zero-order chi connectivity index (χ0) is 23.3. The number of aryl methyl sites for hydroxylation is 2. The van der Waals surface area contributed by atoms with Crippen LogP contribution in [0.1, 0.15) is 55.6 Å². The summed E-state index contributed by atoms with van der Waals surface area (Å²) < 4.78 is 49.8. The summed E-state index contributed by atoms with van der Waals surface area (Å²) in [6, 6.07) is 4.42. The highest BCUT2D eigenvalue weighted by atomic mass is 31.2. The lowest BCUT2D eigenvalue weighted by molar-refractivity contribution is 0.0959. The van der Waals surface area contributed by atoms with E-state index in [1.165, 1.54) is 0 Å². The van der Waals surface area contributed by atoms with Crippen LogP contribution < -0.4 is 0 Å². The second kappa shape index (κ2) is 10.6. The molecular formula is C20H32N2O7P2. The number of hydrogen-bond acceptors (Lipinski definition) is 9. The number of Topliss-reactive ketones (excluding diaryl/α,β-unsaturated/α-hetero) is 1. The van der Waals surface area contributed by atoms with Crippen molar-refractivity contribution in [2.75, 3.05) is 26.4 Å². The SMILES string of the molecule is CCOP(=O)(OCC)C1(P(=O)(OCC)OCC)CC(C(=O)c2ccc(C)cc2C)N=N1. The molecule has 0 spiro atoms. The quantitative estimate of drug-likeness (QED) is 0.274. The topological polar surface area (TPSA) is 113 Å². The Morgan fingerprint density at radius 3 is 1.87 bits per heavy atom. The Morgan fingerprint density at radius 2 is 1.45 bits per heavy atom. The molecule has 1 heterocycles. The predicted molar refractivity (Wildman–Crippen MR) is 118 cm³/mol. The van der Waals surface area contributed by atoms with Crippen LogP contribution in [-0.2, 0) is 27.2 Å². The van der Waals surface area contributed by atoms with Gasteiger partial charge in [-0.05, 0) is 47.1 Å². The van der Waals surface area contributed by atoms with Crippen LogP contribution in [0.3, 0.4) is 0 Å². The normalized spacial score (nSPS) is 18.5. The Labute approximate surface area is 184 Å². The van der Waals surface area contributed by atoms with Crippen molar-refractivity contribution in [3.05, 3.63) is 34.9 Å². The van der Waals surface area contributed by atoms with Crippen LogP contribution in [0.2, 0.25) is 0 Å². The van der Waals surface area contributed by atoms with E-state index in [1.807, 2.05) is 26.0 Å². The van der Waals surface area contributed by atoms with Crippen molar-refractivity contribution in [2.24, 2.45) is 10.2 Å². The summed E-state index contributed by atoms with van der Waals surface area (Å²) >= 11 is 0. The summed E-state index contributed by atoms with van der Waals surface area (Å²) in [4.78, 5) is 13.3. The Morgan fingerprint density at radius 1 is 0.968 bits per heavy atom. The van der Waals surface area contributed by atoms with Gasteiger partial charge in [-0.1, -0.05) is 23.8 Å². The lowest BCUT2D eigenvalue weighted by atomic mass is 9.97. The molecule has 1 aromatic rings. The van der Waals surface area contributed by atoms with E-state index in [-0.39, 0.29) is 38.6 Å². The van der Waals surface area contributed by atoms with Crippen molar-refractivity contribution in [3.8, 4) is 0 Å². The average Bonchev–Trinajstić information content (AvgIpc) is 3.16. The van der Waals surface area contributed by atoms with E-state index in [0.29, 0.717) is 5.56 Å². The Balaban J connectivity index is 2.58. The predicted octanol–water partition coefficient (Wildman–Crippen LogP) is 5.90. The second-order valence-electron chi connectivity index (χ2n) is 7.06. The largest absolute Gasteiger partial charge is 0.372 e. The van der Waals surface area contributed by atoms with Gasteiger partial charge < -0.3 is 18.1 Å². The van der Waals surface area contributed by atoms with Gasteiger partial charge in [0.15, 0.2) is 5.78 Å². The third-order valence-electron chi connectivity index (χ3n) is 4.85. The number of ketones is 1. The van der Waals surface area contributed by atoms with E-state index >= 15 is 0 Å². The first kappa shape index (κ1) is 26.0. The van der Waals surface area contributed by atoms with Crippen LogP contribution in [0, 0.1) is 13.8 Å². The second-order valence-corrected chi connectivity index (χ2v) is 11.9. The van der Waals surface area contributed by atoms with Gasteiger partial charge in [0.2, 0.25) is 0 Å². The smallest absolute Gasteiger partial charge is 0.307 e. The molecule has 1 unspecified atom stereocenters. The molecule has 0 aromatic heterocycles. The number of carbonyl (C=O) groups excluding carboxylic acids is 1. The first-order valence-corrected chi connectivity index (χ1v) is 13.5. The lowest BCUT2D eigenvalue weighted by Crippen LogP contribution is -2.33. The standard InChI is InChI=1S/C20H32N2O7P2/c1-7-26-30(24,27-8-2)20(31(25,28-9-3)29-10-4)14-18(21-22-20)19(23)17-12-11-15(5)13-16(17)6/h11-13,18H,7-10,14H2,1-6H3. The molecule has 31 heavy (non-hydrogen) atoms. The van der Waals surface area contributed by atoms with E-state index < -0.39 is 26.3 Å². The molecule has 0 amide bonds. The molecule has 0 fully saturated rings. The minimum atomic E-state index is -4.19. The van der Waals surface area contributed by atoms with Crippen LogP contribution in [0.15, 0.2) is 28.4 Å². The highest BCUT2D eigenvalue weighted by Gasteiger charge is 2.69. The van der Waals surface area contributed by atoms with Crippen LogP contribution in [0.5, 0.6) is 0 Å². The Bertz CT molecular complexity index is 869. The molecule has 0 aliphatic carbocycles. The van der Waals surface area contributed by atoms with Gasteiger partial charge in [0.05, 0.1) is 26.4 Å². The number of carbonyl (C=O) groups is 1. The average molecular weight is 474 g/mol. The van der Waals surface area contributed by atoms with Gasteiger partial charge in [0.1, 0.15) is 6.04 Å². The molecule has 174 valence electrons. The molecule has 0 saturated heterocycles. The molecule has 1 aliphatic rings. The summed E-state index contributed by atoms with van der Waals surface area (Å²) in [5.41, 5.74) is 2.27. The van der Waals surface area contributed by atoms with Crippen molar-refractivity contribution >= 4 is 21.0 Å². The molecule has 2 rings (SSSR count). The Kier molecular flexibility index (Phi) is 8.91. The number of rotatable bonds is 12. The van der Waals surface area contributed by atoms with Gasteiger partial charge in [0.25, 0.3) is 5.02 Å². The number of benzene rings is 1. The van der Waals surface area contributed by atoms with Crippen LogP contribution >= 0.6 is 15.2 Å². The number of hydrogen-bond donors (Lipinski definition) is 0. The number of nitrogens with zero attached hydrogens (tertiary/aromatic N) is 2. The van der Waals surface area contributed by atoms with E-state index in [1.54, 1.807) is 33.8 Å². The zero-order valence-corrected chi connectivity index (χ0v) is 20.8. The summed E-state index contributed by atoms with van der Waals surface area (Å²) in [5, 5.41) is 6.18. The van der Waals surface area contributed by atoms with Crippen molar-refractivity contribution < 1.29 is 32.0 Å². The summed E-state index contributed by atoms with van der Waals surface area (Å²) in [6.45, 7) is 10.4. The maximum absolute atomic E-state index is 13.9. The van der Waals surface area contributed by atoms with E-state index in [4.69, 9.17) is 18.1 Å². The van der Waals surface area contributed by atoms with Gasteiger partial charge in [-0.3, -0.25) is 13.9 Å². The Hall–Kier alpha value is -1.21. The van der Waals surface area contributed by atoms with Gasteiger partial charge >= 0.3 is 15.2 Å². The molecule has 0 saturated carbocycles. The fourth-order valence-electron chi connectivity index (χ4n) is 3.57. The van der Waals surface area contributed by atoms with Crippen molar-refractivity contribution in [1.29, 1.82) is 0 Å². The van der Waals surface area contributed by atoms with Gasteiger partial charge in [0, 0.05) is 12.0 Å². The fraction of sp³-hybridized carbons (Fsp3) is 0.650. The zero-order valence-electron chi connectivity index (χ0n) is 19.0. The molecule has 0 N–H and O–H groups in total. The molecule has 0 radical (unpaired) electrons. The highest BCUT2D eigenvalue weighted by Crippen LogP contribution is 2.81. The van der Waals surface area contributed by atoms with Gasteiger partial charge in [-0.15, -0.1) is 0 Å². The first-order valence-electron chi connectivity index (χ1n) is 10.5. The summed E-state index contributed by atoms with van der Waals surface area (Å²) in [6.07, 6.45) is -0.270. The third-order valence-corrected chi connectivity index (χ3v) is 11.0. The molecule has 1 aliphatic heterocycles. The molecule has 1 atom stereocenters. The minimum Gasteiger partial charge on any atom is -0.307 e. The fourth-order valence-corrected chi connectivity index (χ4v) is 8.91. The maximum atomic E-state index is 13.9. The highest BCUT2D eigenvalue weighted by molar-refractivity contribution is 7.74. The van der Waals surface area contributed by atoms with Gasteiger partial charge in [-0.25, -0.2) is 0 Å². The van der Waals surface area contributed by atoms with Crippen LogP contribution in [0.4, 0.5) is 0 Å². The van der Waals surface area contributed by atoms with Crippen molar-refractivity contribution in [3.63, 3.8) is 0 Å². The van der Waals surface area contributed by atoms with E-state index in [2.05, 4.69) is 10.2 Å². The summed E-state index contributed by atoms with van der Waals surface area (Å²) in [7, 11) is -8.39. The minimum absolute atomic E-state index is 0.0164. The van der Waals surface area contributed by atoms with Crippen molar-refractivity contribution in [1.82, 2.24) is 0 Å². The monoisotopic (exact) mass is 474 g/mol. The summed E-state index contributed by atoms with van der Waals surface area (Å²) in [5.74, 6) is -0.317. The molecule has 11 heteroatoms. The first-order chi connectivity index (χ1) is 14.6. The van der Waals surface area contributed by atoms with Gasteiger partial charge in [-0.2, -0.15) is 10.2 Å². The van der Waals surface area contributed by atoms with Crippen molar-refractivity contribution in [2.45, 2.75) is 59.0 Å². The maximum Gasteiger partial charge on any atom is 0.372 e. The van der Waals surface area contributed by atoms with E-state index in [0.717, 1.165) is 11.1 Å². The molecule has 1 aromatic carbocycles. The molecule has 9 nitrogen and oxygen atoms in total. The lowest BCUT2D eigenvalue weighted by Gasteiger charge is -2.36. The number of azo groups is 1. The third kappa shape index (κ3) is 4.92. The van der Waals surface area contributed by atoms with E-state index in [9.17, 15) is 13.9 Å². The van der Waals surface area contributed by atoms with Crippen LogP contribution in [0.25, 0.3) is 0 Å². The molecule has 0 bridgehead atoms. The van der Waals surface area contributed by atoms with Crippen LogP contribution in [-0.4, -0.2) is 43.3 Å².